The van der Waals surface area contributed by atoms with E-state index < -0.39 is 10.8 Å². The van der Waals surface area contributed by atoms with Crippen LogP contribution in [-0.4, -0.2) is 22.2 Å². The molecule has 4 rings (SSSR count). The molecule has 156 valence electrons. The minimum atomic E-state index is -1.21. The van der Waals surface area contributed by atoms with Crippen LogP contribution in [0.15, 0.2) is 77.7 Å². The van der Waals surface area contributed by atoms with Crippen LogP contribution in [-0.2, 0) is 28.6 Å². The standard InChI is InChI=1S/C25H25FO3S/c1-18-7-11-22(12-8-18)30(27)17-25(28-16-19-5-3-2-4-6-19)24-13-9-20-15-21(26)10-14-23(20)29-24/h2-8,10-12,14-15,24-25H,9,13,16-17H2,1H3/t24-,25+,30?/m0/s1. The van der Waals surface area contributed by atoms with Gasteiger partial charge in [-0.25, -0.2) is 4.39 Å². The van der Waals surface area contributed by atoms with Gasteiger partial charge in [0.15, 0.2) is 0 Å². The fraction of sp³-hybridized carbons (Fsp3) is 0.280. The predicted molar refractivity (Wildman–Crippen MR) is 117 cm³/mol. The molecule has 0 N–H and O–H groups in total. The average Bonchev–Trinajstić information content (AvgIpc) is 2.77. The molecule has 0 bridgehead atoms. The summed E-state index contributed by atoms with van der Waals surface area (Å²) in [6, 6.07) is 22.3. The fourth-order valence-electron chi connectivity index (χ4n) is 3.62. The smallest absolute Gasteiger partial charge is 0.126 e. The number of aryl methyl sites for hydroxylation is 2. The number of rotatable bonds is 7. The maximum absolute atomic E-state index is 13.5. The first-order valence-electron chi connectivity index (χ1n) is 10.1. The predicted octanol–water partition coefficient (Wildman–Crippen LogP) is 5.22. The summed E-state index contributed by atoms with van der Waals surface area (Å²) in [5, 5.41) is 0. The summed E-state index contributed by atoms with van der Waals surface area (Å²) in [7, 11) is -1.21. The number of hydrogen-bond acceptors (Lipinski definition) is 3. The summed E-state index contributed by atoms with van der Waals surface area (Å²) in [4.78, 5) is 0.784. The van der Waals surface area contributed by atoms with Crippen molar-refractivity contribution in [3.63, 3.8) is 0 Å². The normalized spacial score (nSPS) is 17.6. The molecule has 0 saturated carbocycles. The van der Waals surface area contributed by atoms with Crippen molar-refractivity contribution in [3.8, 4) is 5.75 Å². The van der Waals surface area contributed by atoms with Crippen LogP contribution in [0, 0.1) is 12.7 Å². The topological polar surface area (TPSA) is 35.5 Å². The Morgan fingerprint density at radius 3 is 2.63 bits per heavy atom. The van der Waals surface area contributed by atoms with Crippen molar-refractivity contribution in [3.05, 3.63) is 95.3 Å². The molecule has 3 aromatic rings. The molecular formula is C25H25FO3S. The van der Waals surface area contributed by atoms with Gasteiger partial charge in [0.1, 0.15) is 23.8 Å². The Morgan fingerprint density at radius 2 is 1.87 bits per heavy atom. The molecule has 3 nitrogen and oxygen atoms in total. The maximum Gasteiger partial charge on any atom is 0.126 e. The summed E-state index contributed by atoms with van der Waals surface area (Å²) in [6.45, 7) is 2.43. The van der Waals surface area contributed by atoms with Crippen LogP contribution in [0.2, 0.25) is 0 Å². The summed E-state index contributed by atoms with van der Waals surface area (Å²) < 4.78 is 39.0. The molecule has 0 saturated heterocycles. The van der Waals surface area contributed by atoms with Crippen molar-refractivity contribution in [1.29, 1.82) is 0 Å². The molecule has 0 fully saturated rings. The summed E-state index contributed by atoms with van der Waals surface area (Å²) in [5.41, 5.74) is 3.06. The third-order valence-corrected chi connectivity index (χ3v) is 6.75. The molecule has 0 aliphatic carbocycles. The monoisotopic (exact) mass is 424 g/mol. The number of hydrogen-bond donors (Lipinski definition) is 0. The minimum Gasteiger partial charge on any atom is -0.487 e. The second-order valence-corrected chi connectivity index (χ2v) is 9.10. The van der Waals surface area contributed by atoms with E-state index in [0.29, 0.717) is 31.0 Å². The van der Waals surface area contributed by atoms with Crippen molar-refractivity contribution in [2.24, 2.45) is 0 Å². The van der Waals surface area contributed by atoms with Gasteiger partial charge in [0, 0.05) is 4.90 Å². The van der Waals surface area contributed by atoms with Gasteiger partial charge in [0.2, 0.25) is 0 Å². The van der Waals surface area contributed by atoms with Crippen LogP contribution in [0.3, 0.4) is 0 Å². The van der Waals surface area contributed by atoms with Crippen LogP contribution in [0.25, 0.3) is 0 Å². The lowest BCUT2D eigenvalue weighted by Gasteiger charge is -2.32. The van der Waals surface area contributed by atoms with Crippen molar-refractivity contribution in [2.75, 3.05) is 5.75 Å². The van der Waals surface area contributed by atoms with Gasteiger partial charge in [-0.15, -0.1) is 0 Å². The Kier molecular flexibility index (Phi) is 6.60. The molecular weight excluding hydrogens is 399 g/mol. The molecule has 1 heterocycles. The van der Waals surface area contributed by atoms with Crippen molar-refractivity contribution in [1.82, 2.24) is 0 Å². The molecule has 5 heteroatoms. The van der Waals surface area contributed by atoms with E-state index in [1.54, 1.807) is 6.07 Å². The third-order valence-electron chi connectivity index (χ3n) is 5.32. The number of ether oxygens (including phenoxy) is 2. The van der Waals surface area contributed by atoms with Gasteiger partial charge in [-0.05, 0) is 61.2 Å². The first-order valence-corrected chi connectivity index (χ1v) is 11.5. The summed E-state index contributed by atoms with van der Waals surface area (Å²) in [6.07, 6.45) is 0.827. The lowest BCUT2D eigenvalue weighted by Crippen LogP contribution is -2.40. The minimum absolute atomic E-state index is 0.235. The van der Waals surface area contributed by atoms with E-state index in [-0.39, 0.29) is 18.0 Å². The highest BCUT2D eigenvalue weighted by Crippen LogP contribution is 2.30. The lowest BCUT2D eigenvalue weighted by molar-refractivity contribution is -0.0287. The second kappa shape index (κ2) is 9.54. The van der Waals surface area contributed by atoms with E-state index >= 15 is 0 Å². The Labute approximate surface area is 179 Å². The fourth-order valence-corrected chi connectivity index (χ4v) is 4.86. The lowest BCUT2D eigenvalue weighted by atomic mass is 9.99. The van der Waals surface area contributed by atoms with E-state index in [2.05, 4.69) is 0 Å². The van der Waals surface area contributed by atoms with Gasteiger partial charge in [0.25, 0.3) is 0 Å². The maximum atomic E-state index is 13.5. The zero-order valence-corrected chi connectivity index (χ0v) is 17.7. The molecule has 0 radical (unpaired) electrons. The zero-order chi connectivity index (χ0) is 20.9. The van der Waals surface area contributed by atoms with Gasteiger partial charge in [-0.1, -0.05) is 48.0 Å². The third kappa shape index (κ3) is 5.15. The van der Waals surface area contributed by atoms with Crippen LogP contribution >= 0.6 is 0 Å². The number of halogens is 1. The first-order chi connectivity index (χ1) is 14.6. The van der Waals surface area contributed by atoms with E-state index in [4.69, 9.17) is 9.47 Å². The van der Waals surface area contributed by atoms with Gasteiger partial charge >= 0.3 is 0 Å². The Balaban J connectivity index is 1.51. The van der Waals surface area contributed by atoms with Gasteiger partial charge < -0.3 is 9.47 Å². The zero-order valence-electron chi connectivity index (χ0n) is 16.9. The van der Waals surface area contributed by atoms with Gasteiger partial charge in [0.05, 0.1) is 23.2 Å². The van der Waals surface area contributed by atoms with Crippen LogP contribution in [0.1, 0.15) is 23.1 Å². The molecule has 3 aromatic carbocycles. The van der Waals surface area contributed by atoms with Gasteiger partial charge in [-0.3, -0.25) is 4.21 Å². The van der Waals surface area contributed by atoms with Crippen molar-refractivity contribution >= 4 is 10.8 Å². The van der Waals surface area contributed by atoms with E-state index in [1.165, 1.54) is 12.1 Å². The number of fused-ring (bicyclic) bond motifs is 1. The van der Waals surface area contributed by atoms with Crippen LogP contribution < -0.4 is 4.74 Å². The van der Waals surface area contributed by atoms with Gasteiger partial charge in [-0.2, -0.15) is 0 Å². The average molecular weight is 425 g/mol. The van der Waals surface area contributed by atoms with E-state index in [0.717, 1.165) is 21.6 Å². The largest absolute Gasteiger partial charge is 0.487 e. The highest BCUT2D eigenvalue weighted by Gasteiger charge is 2.30. The summed E-state index contributed by atoms with van der Waals surface area (Å²) >= 11 is 0. The molecule has 3 atom stereocenters. The van der Waals surface area contributed by atoms with Crippen molar-refractivity contribution < 1.29 is 18.1 Å². The molecule has 30 heavy (non-hydrogen) atoms. The second-order valence-electron chi connectivity index (χ2n) is 7.61. The van der Waals surface area contributed by atoms with E-state index in [1.807, 2.05) is 61.5 Å². The van der Waals surface area contributed by atoms with Crippen LogP contribution in [0.4, 0.5) is 4.39 Å². The molecule has 1 aliphatic rings. The van der Waals surface area contributed by atoms with Crippen molar-refractivity contribution in [2.45, 2.75) is 43.5 Å². The Hall–Kier alpha value is -2.50. The van der Waals surface area contributed by atoms with Crippen LogP contribution in [0.5, 0.6) is 5.75 Å². The van der Waals surface area contributed by atoms with E-state index in [9.17, 15) is 8.60 Å². The molecule has 0 aromatic heterocycles. The molecule has 0 spiro atoms. The number of benzene rings is 3. The Bertz CT molecular complexity index is 1000. The Morgan fingerprint density at radius 1 is 1.10 bits per heavy atom. The highest BCUT2D eigenvalue weighted by atomic mass is 32.2. The molecule has 1 unspecified atom stereocenters. The summed E-state index contributed by atoms with van der Waals surface area (Å²) in [5.74, 6) is 0.770. The molecule has 0 amide bonds. The highest BCUT2D eigenvalue weighted by molar-refractivity contribution is 7.85. The first kappa shape index (κ1) is 20.8. The molecule has 1 aliphatic heterocycles. The quantitative estimate of drug-likeness (QED) is 0.522. The SMILES string of the molecule is Cc1ccc(S(=O)C[C@@H](OCc2ccccc2)[C@@H]2CCc3cc(F)ccc3O2)cc1.